The highest BCUT2D eigenvalue weighted by molar-refractivity contribution is 5.87. The Kier molecular flexibility index (Phi) is 7.68. The second-order valence-electron chi connectivity index (χ2n) is 6.13. The fourth-order valence-corrected chi connectivity index (χ4v) is 2.66. The van der Waals surface area contributed by atoms with Crippen molar-refractivity contribution in [3.8, 4) is 17.2 Å². The lowest BCUT2D eigenvalue weighted by Gasteiger charge is -2.28. The maximum Gasteiger partial charge on any atom is 0.261 e. The highest BCUT2D eigenvalue weighted by atomic mass is 16.5. The third kappa shape index (κ3) is 5.64. The van der Waals surface area contributed by atoms with Gasteiger partial charge in [-0.15, -0.1) is 0 Å². The molecule has 0 spiro atoms. The van der Waals surface area contributed by atoms with E-state index >= 15 is 0 Å². The van der Waals surface area contributed by atoms with Crippen LogP contribution < -0.4 is 19.5 Å². The van der Waals surface area contributed by atoms with Gasteiger partial charge >= 0.3 is 0 Å². The van der Waals surface area contributed by atoms with Crippen molar-refractivity contribution in [1.29, 1.82) is 0 Å². The number of benzene rings is 2. The average Bonchev–Trinajstić information content (AvgIpc) is 2.75. The van der Waals surface area contributed by atoms with Gasteiger partial charge in [0.05, 0.1) is 14.2 Å². The van der Waals surface area contributed by atoms with Crippen molar-refractivity contribution in [1.82, 2.24) is 10.2 Å². The van der Waals surface area contributed by atoms with Gasteiger partial charge in [0.2, 0.25) is 5.91 Å². The summed E-state index contributed by atoms with van der Waals surface area (Å²) in [6.45, 7) is 1.78. The van der Waals surface area contributed by atoms with E-state index in [-0.39, 0.29) is 18.4 Å². The lowest BCUT2D eigenvalue weighted by atomic mass is 10.1. The van der Waals surface area contributed by atoms with Crippen molar-refractivity contribution >= 4 is 11.8 Å². The van der Waals surface area contributed by atoms with Crippen molar-refractivity contribution in [2.24, 2.45) is 0 Å². The molecule has 0 saturated heterocycles. The van der Waals surface area contributed by atoms with Crippen LogP contribution in [0.5, 0.6) is 17.2 Å². The molecule has 0 aromatic heterocycles. The number of amides is 2. The molecule has 0 radical (unpaired) electrons. The van der Waals surface area contributed by atoms with Crippen molar-refractivity contribution in [2.75, 3.05) is 27.9 Å². The van der Waals surface area contributed by atoms with E-state index in [1.54, 1.807) is 32.2 Å². The number of nitrogens with zero attached hydrogens (tertiary/aromatic N) is 1. The number of rotatable bonds is 9. The molecule has 1 N–H and O–H groups in total. The summed E-state index contributed by atoms with van der Waals surface area (Å²) in [5.74, 6) is 1.01. The van der Waals surface area contributed by atoms with Crippen LogP contribution in [0.1, 0.15) is 12.5 Å². The topological polar surface area (TPSA) is 77.1 Å². The quantitative estimate of drug-likeness (QED) is 0.715. The molecular formula is C21H26N2O5. The zero-order valence-corrected chi connectivity index (χ0v) is 16.6. The Balaban J connectivity index is 2.14. The summed E-state index contributed by atoms with van der Waals surface area (Å²) in [7, 11) is 4.62. The van der Waals surface area contributed by atoms with E-state index in [9.17, 15) is 9.59 Å². The molecule has 28 heavy (non-hydrogen) atoms. The summed E-state index contributed by atoms with van der Waals surface area (Å²) in [6.07, 6.45) is 0. The standard InChI is InChI=1S/C21H26N2O5/c1-15(21(25)22-2)23(13-16-8-6-5-7-9-16)20(24)14-28-19-11-17(26-3)10-18(12-19)27-4/h5-12,15H,13-14H2,1-4H3,(H,22,25)/t15-/m0/s1. The highest BCUT2D eigenvalue weighted by Crippen LogP contribution is 2.27. The van der Waals surface area contributed by atoms with Crippen LogP contribution in [-0.4, -0.2) is 50.6 Å². The van der Waals surface area contributed by atoms with Crippen molar-refractivity contribution in [3.63, 3.8) is 0 Å². The van der Waals surface area contributed by atoms with E-state index in [1.165, 1.54) is 19.1 Å². The number of hydrogen-bond acceptors (Lipinski definition) is 5. The predicted octanol–water partition coefficient (Wildman–Crippen LogP) is 2.25. The Morgan fingerprint density at radius 2 is 1.57 bits per heavy atom. The number of carbonyl (C=O) groups is 2. The first kappa shape index (κ1) is 21.1. The van der Waals surface area contributed by atoms with E-state index < -0.39 is 6.04 Å². The Hall–Kier alpha value is -3.22. The van der Waals surface area contributed by atoms with Crippen LogP contribution in [0.4, 0.5) is 0 Å². The largest absolute Gasteiger partial charge is 0.496 e. The van der Waals surface area contributed by atoms with Crippen molar-refractivity contribution in [3.05, 3.63) is 54.1 Å². The monoisotopic (exact) mass is 386 g/mol. The van der Waals surface area contributed by atoms with Gasteiger partial charge in [-0.2, -0.15) is 0 Å². The number of nitrogens with one attached hydrogen (secondary N) is 1. The normalized spacial score (nSPS) is 11.3. The summed E-state index contributed by atoms with van der Waals surface area (Å²) in [4.78, 5) is 26.5. The maximum atomic E-state index is 12.9. The molecule has 0 fully saturated rings. The highest BCUT2D eigenvalue weighted by Gasteiger charge is 2.25. The number of methoxy groups -OCH3 is 2. The molecule has 7 nitrogen and oxygen atoms in total. The molecular weight excluding hydrogens is 360 g/mol. The number of hydrogen-bond donors (Lipinski definition) is 1. The summed E-state index contributed by atoms with van der Waals surface area (Å²) < 4.78 is 16.1. The number of carbonyl (C=O) groups excluding carboxylic acids is 2. The molecule has 0 unspecified atom stereocenters. The summed E-state index contributed by atoms with van der Waals surface area (Å²) in [5, 5.41) is 2.58. The van der Waals surface area contributed by atoms with E-state index in [1.807, 2.05) is 30.3 Å². The minimum atomic E-state index is -0.638. The minimum absolute atomic E-state index is 0.218. The van der Waals surface area contributed by atoms with Gasteiger partial charge in [-0.05, 0) is 12.5 Å². The van der Waals surface area contributed by atoms with Crippen LogP contribution in [0.2, 0.25) is 0 Å². The smallest absolute Gasteiger partial charge is 0.261 e. The van der Waals surface area contributed by atoms with E-state index in [0.717, 1.165) is 5.56 Å². The summed E-state index contributed by atoms with van der Waals surface area (Å²) in [5.41, 5.74) is 0.926. The molecule has 0 aliphatic rings. The molecule has 7 heteroatoms. The fraction of sp³-hybridized carbons (Fsp3) is 0.333. The van der Waals surface area contributed by atoms with Crippen LogP contribution in [-0.2, 0) is 16.1 Å². The van der Waals surface area contributed by atoms with Gasteiger partial charge in [0.25, 0.3) is 5.91 Å². The Morgan fingerprint density at radius 1 is 1.00 bits per heavy atom. The van der Waals surface area contributed by atoms with E-state index in [4.69, 9.17) is 14.2 Å². The summed E-state index contributed by atoms with van der Waals surface area (Å²) in [6, 6.07) is 13.9. The first-order valence-electron chi connectivity index (χ1n) is 8.89. The molecule has 0 bridgehead atoms. The first-order valence-corrected chi connectivity index (χ1v) is 8.89. The third-order valence-corrected chi connectivity index (χ3v) is 4.30. The molecule has 2 aromatic rings. The zero-order chi connectivity index (χ0) is 20.5. The number of ether oxygens (including phenoxy) is 3. The zero-order valence-electron chi connectivity index (χ0n) is 16.6. The predicted molar refractivity (Wildman–Crippen MR) is 106 cm³/mol. The van der Waals surface area contributed by atoms with Gasteiger partial charge in [-0.3, -0.25) is 9.59 Å². The average molecular weight is 386 g/mol. The molecule has 0 saturated carbocycles. The Bertz CT molecular complexity index is 772. The number of likely N-dealkylation sites (N-methyl/N-ethyl adjacent to an activating group) is 1. The molecule has 0 aliphatic heterocycles. The lowest BCUT2D eigenvalue weighted by Crippen LogP contribution is -2.48. The molecule has 2 aromatic carbocycles. The second kappa shape index (κ2) is 10.2. The van der Waals surface area contributed by atoms with Gasteiger partial charge in [0.15, 0.2) is 6.61 Å². The Morgan fingerprint density at radius 3 is 2.11 bits per heavy atom. The van der Waals surface area contributed by atoms with Crippen molar-refractivity contribution in [2.45, 2.75) is 19.5 Å². The third-order valence-electron chi connectivity index (χ3n) is 4.30. The van der Waals surface area contributed by atoms with Gasteiger partial charge < -0.3 is 24.4 Å². The first-order chi connectivity index (χ1) is 13.5. The van der Waals surface area contributed by atoms with Crippen LogP contribution >= 0.6 is 0 Å². The molecule has 150 valence electrons. The van der Waals surface area contributed by atoms with Gasteiger partial charge in [0, 0.05) is 31.8 Å². The van der Waals surface area contributed by atoms with Crippen LogP contribution in [0.25, 0.3) is 0 Å². The Labute approximate surface area is 165 Å². The van der Waals surface area contributed by atoms with Gasteiger partial charge in [-0.25, -0.2) is 0 Å². The lowest BCUT2D eigenvalue weighted by molar-refractivity contribution is -0.142. The van der Waals surface area contributed by atoms with E-state index in [0.29, 0.717) is 23.8 Å². The molecule has 2 rings (SSSR count). The van der Waals surface area contributed by atoms with Crippen LogP contribution in [0.15, 0.2) is 48.5 Å². The fourth-order valence-electron chi connectivity index (χ4n) is 2.66. The molecule has 1 atom stereocenters. The van der Waals surface area contributed by atoms with Crippen LogP contribution in [0.3, 0.4) is 0 Å². The minimum Gasteiger partial charge on any atom is -0.496 e. The molecule has 2 amide bonds. The molecule has 0 heterocycles. The van der Waals surface area contributed by atoms with Gasteiger partial charge in [0.1, 0.15) is 23.3 Å². The van der Waals surface area contributed by atoms with E-state index in [2.05, 4.69) is 5.32 Å². The van der Waals surface area contributed by atoms with Gasteiger partial charge in [-0.1, -0.05) is 30.3 Å². The summed E-state index contributed by atoms with van der Waals surface area (Å²) >= 11 is 0. The molecule has 0 aliphatic carbocycles. The van der Waals surface area contributed by atoms with Crippen molar-refractivity contribution < 1.29 is 23.8 Å². The maximum absolute atomic E-state index is 12.9. The second-order valence-corrected chi connectivity index (χ2v) is 6.13. The van der Waals surface area contributed by atoms with Crippen LogP contribution in [0, 0.1) is 0 Å². The SMILES string of the molecule is CNC(=O)[C@H](C)N(Cc1ccccc1)C(=O)COc1cc(OC)cc(OC)c1.